The van der Waals surface area contributed by atoms with Gasteiger partial charge in [-0.3, -0.25) is 4.79 Å². The fourth-order valence-electron chi connectivity index (χ4n) is 3.34. The van der Waals surface area contributed by atoms with Gasteiger partial charge in [0.1, 0.15) is 5.69 Å². The number of piperidine rings is 1. The third kappa shape index (κ3) is 3.14. The summed E-state index contributed by atoms with van der Waals surface area (Å²) in [5.41, 5.74) is 7.82. The molecule has 2 aromatic rings. The summed E-state index contributed by atoms with van der Waals surface area (Å²) < 4.78 is 0. The third-order valence-corrected chi connectivity index (χ3v) is 4.66. The molecule has 126 valence electrons. The molecule has 24 heavy (non-hydrogen) atoms. The van der Waals surface area contributed by atoms with Gasteiger partial charge in [0.25, 0.3) is 5.91 Å². The Labute approximate surface area is 142 Å². The van der Waals surface area contributed by atoms with E-state index >= 15 is 0 Å². The van der Waals surface area contributed by atoms with Crippen molar-refractivity contribution in [2.75, 3.05) is 13.1 Å². The van der Waals surface area contributed by atoms with Crippen LogP contribution in [0.3, 0.4) is 0 Å². The number of carbonyl (C=O) groups excluding carboxylic acids is 1. The number of nitrogens with two attached hydrogens (primary N) is 1. The van der Waals surface area contributed by atoms with E-state index in [1.54, 1.807) is 18.5 Å². The molecule has 1 aliphatic heterocycles. The minimum absolute atomic E-state index is 0.0538. The van der Waals surface area contributed by atoms with Gasteiger partial charge >= 0.3 is 0 Å². The Morgan fingerprint density at radius 1 is 1.33 bits per heavy atom. The van der Waals surface area contributed by atoms with Crippen molar-refractivity contribution in [2.45, 2.75) is 32.7 Å². The van der Waals surface area contributed by atoms with Crippen LogP contribution < -0.4 is 5.73 Å². The van der Waals surface area contributed by atoms with Gasteiger partial charge in [-0.25, -0.2) is 15.0 Å². The van der Waals surface area contributed by atoms with E-state index in [2.05, 4.69) is 21.9 Å². The molecule has 0 saturated carbocycles. The number of pyridine rings is 1. The van der Waals surface area contributed by atoms with Gasteiger partial charge in [-0.1, -0.05) is 6.92 Å². The van der Waals surface area contributed by atoms with E-state index in [9.17, 15) is 4.79 Å². The smallest absolute Gasteiger partial charge is 0.273 e. The highest BCUT2D eigenvalue weighted by Crippen LogP contribution is 2.27. The molecule has 1 aliphatic rings. The topological polar surface area (TPSA) is 85.0 Å². The standard InChI is InChI=1S/C18H23N5O/c1-12-5-3-10-23(15(12)11-19)18(24)16-14(7-6-13(2)22-16)17-20-8-4-9-21-17/h4,6-9,12,15H,3,5,10-11,19H2,1-2H3/t12-,15-/m1/s1. The van der Waals surface area contributed by atoms with Crippen LogP contribution in [0.15, 0.2) is 30.6 Å². The number of aromatic nitrogens is 3. The van der Waals surface area contributed by atoms with E-state index < -0.39 is 0 Å². The van der Waals surface area contributed by atoms with Gasteiger partial charge in [-0.05, 0) is 43.9 Å². The average molecular weight is 325 g/mol. The summed E-state index contributed by atoms with van der Waals surface area (Å²) in [6.45, 7) is 5.22. The summed E-state index contributed by atoms with van der Waals surface area (Å²) >= 11 is 0. The Morgan fingerprint density at radius 3 is 2.79 bits per heavy atom. The van der Waals surface area contributed by atoms with Crippen molar-refractivity contribution in [1.29, 1.82) is 0 Å². The lowest BCUT2D eigenvalue weighted by molar-refractivity contribution is 0.0527. The number of nitrogens with zero attached hydrogens (tertiary/aromatic N) is 4. The van der Waals surface area contributed by atoms with Crippen LogP contribution in [0.1, 0.15) is 35.9 Å². The molecule has 0 bridgehead atoms. The van der Waals surface area contributed by atoms with Crippen molar-refractivity contribution in [1.82, 2.24) is 19.9 Å². The third-order valence-electron chi connectivity index (χ3n) is 4.66. The van der Waals surface area contributed by atoms with E-state index in [4.69, 9.17) is 5.73 Å². The van der Waals surface area contributed by atoms with Crippen LogP contribution in [0, 0.1) is 12.8 Å². The SMILES string of the molecule is Cc1ccc(-c2ncccn2)c(C(=O)N2CCC[C@@H](C)[C@H]2CN)n1. The molecular weight excluding hydrogens is 302 g/mol. The number of hydrogen-bond acceptors (Lipinski definition) is 5. The zero-order valence-corrected chi connectivity index (χ0v) is 14.1. The predicted molar refractivity (Wildman–Crippen MR) is 92.3 cm³/mol. The molecule has 0 unspecified atom stereocenters. The zero-order chi connectivity index (χ0) is 17.1. The number of aryl methyl sites for hydroxylation is 1. The highest BCUT2D eigenvalue weighted by molar-refractivity contribution is 5.98. The molecule has 2 N–H and O–H groups in total. The normalized spacial score (nSPS) is 20.9. The second kappa shape index (κ2) is 7.05. The summed E-state index contributed by atoms with van der Waals surface area (Å²) in [7, 11) is 0. The van der Waals surface area contributed by atoms with Crippen LogP contribution >= 0.6 is 0 Å². The van der Waals surface area contributed by atoms with E-state index in [1.807, 2.05) is 24.0 Å². The van der Waals surface area contributed by atoms with Crippen LogP contribution in [0.2, 0.25) is 0 Å². The molecule has 1 amide bonds. The first-order valence-electron chi connectivity index (χ1n) is 8.38. The van der Waals surface area contributed by atoms with E-state index in [0.717, 1.165) is 25.1 Å². The second-order valence-electron chi connectivity index (χ2n) is 6.34. The summed E-state index contributed by atoms with van der Waals surface area (Å²) in [5.74, 6) is 0.833. The van der Waals surface area contributed by atoms with Crippen molar-refractivity contribution in [3.63, 3.8) is 0 Å². The summed E-state index contributed by atoms with van der Waals surface area (Å²) in [6, 6.07) is 5.55. The highest BCUT2D eigenvalue weighted by atomic mass is 16.2. The van der Waals surface area contributed by atoms with Gasteiger partial charge in [0, 0.05) is 37.2 Å². The van der Waals surface area contributed by atoms with Gasteiger partial charge in [0.2, 0.25) is 0 Å². The molecule has 3 rings (SSSR count). The van der Waals surface area contributed by atoms with Crippen molar-refractivity contribution in [3.8, 4) is 11.4 Å². The first kappa shape index (κ1) is 16.5. The molecule has 0 spiro atoms. The first-order valence-corrected chi connectivity index (χ1v) is 8.38. The number of rotatable bonds is 3. The van der Waals surface area contributed by atoms with Crippen LogP contribution in [-0.2, 0) is 0 Å². The van der Waals surface area contributed by atoms with Gasteiger partial charge < -0.3 is 10.6 Å². The Kier molecular flexibility index (Phi) is 4.85. The monoisotopic (exact) mass is 325 g/mol. The van der Waals surface area contributed by atoms with Gasteiger partial charge in [0.15, 0.2) is 5.82 Å². The molecule has 2 aromatic heterocycles. The summed E-state index contributed by atoms with van der Waals surface area (Å²) in [6.07, 6.45) is 5.43. The van der Waals surface area contributed by atoms with Crippen LogP contribution in [0.25, 0.3) is 11.4 Å². The maximum atomic E-state index is 13.2. The van der Waals surface area contributed by atoms with E-state index in [-0.39, 0.29) is 11.9 Å². The van der Waals surface area contributed by atoms with E-state index in [0.29, 0.717) is 29.5 Å². The minimum atomic E-state index is -0.0804. The Morgan fingerprint density at radius 2 is 2.08 bits per heavy atom. The van der Waals surface area contributed by atoms with Crippen molar-refractivity contribution < 1.29 is 4.79 Å². The fraction of sp³-hybridized carbons (Fsp3) is 0.444. The maximum Gasteiger partial charge on any atom is 0.273 e. The Bertz CT molecular complexity index is 719. The number of amides is 1. The molecular formula is C18H23N5O. The average Bonchev–Trinajstić information content (AvgIpc) is 2.61. The number of likely N-dealkylation sites (tertiary alicyclic amines) is 1. The van der Waals surface area contributed by atoms with Crippen LogP contribution in [0.5, 0.6) is 0 Å². The molecule has 0 aliphatic carbocycles. The summed E-state index contributed by atoms with van der Waals surface area (Å²) in [4.78, 5) is 28.1. The summed E-state index contributed by atoms with van der Waals surface area (Å²) in [5, 5.41) is 0. The molecule has 2 atom stereocenters. The molecule has 3 heterocycles. The lowest BCUT2D eigenvalue weighted by Crippen LogP contribution is -2.51. The molecule has 1 saturated heterocycles. The molecule has 0 aromatic carbocycles. The maximum absolute atomic E-state index is 13.2. The second-order valence-corrected chi connectivity index (χ2v) is 6.34. The van der Waals surface area contributed by atoms with E-state index in [1.165, 1.54) is 0 Å². The van der Waals surface area contributed by atoms with Crippen molar-refractivity contribution in [3.05, 3.63) is 42.0 Å². The molecule has 0 radical (unpaired) electrons. The van der Waals surface area contributed by atoms with Crippen LogP contribution in [0.4, 0.5) is 0 Å². The Hall–Kier alpha value is -2.34. The highest BCUT2D eigenvalue weighted by Gasteiger charge is 2.33. The first-order chi connectivity index (χ1) is 11.6. The number of hydrogen-bond donors (Lipinski definition) is 1. The Balaban J connectivity index is 2.02. The van der Waals surface area contributed by atoms with Crippen molar-refractivity contribution >= 4 is 5.91 Å². The molecule has 1 fully saturated rings. The van der Waals surface area contributed by atoms with Gasteiger partial charge in [-0.2, -0.15) is 0 Å². The largest absolute Gasteiger partial charge is 0.333 e. The fourth-order valence-corrected chi connectivity index (χ4v) is 3.34. The van der Waals surface area contributed by atoms with Crippen molar-refractivity contribution in [2.24, 2.45) is 11.7 Å². The lowest BCUT2D eigenvalue weighted by atomic mass is 9.90. The van der Waals surface area contributed by atoms with Gasteiger partial charge in [0.05, 0.1) is 5.56 Å². The zero-order valence-electron chi connectivity index (χ0n) is 14.1. The lowest BCUT2D eigenvalue weighted by Gasteiger charge is -2.39. The molecule has 6 heteroatoms. The van der Waals surface area contributed by atoms with Gasteiger partial charge in [-0.15, -0.1) is 0 Å². The quantitative estimate of drug-likeness (QED) is 0.933. The minimum Gasteiger partial charge on any atom is -0.333 e. The molecule has 6 nitrogen and oxygen atoms in total. The van der Waals surface area contributed by atoms with Crippen LogP contribution in [-0.4, -0.2) is 44.9 Å². The number of carbonyl (C=O) groups is 1. The predicted octanol–water partition coefficient (Wildman–Crippen LogP) is 2.05.